The zero-order valence-electron chi connectivity index (χ0n) is 13.5. The van der Waals surface area contributed by atoms with Gasteiger partial charge in [0.05, 0.1) is 0 Å². The van der Waals surface area contributed by atoms with Gasteiger partial charge in [-0.15, -0.1) is 12.0 Å². The average Bonchev–Trinajstić information content (AvgIpc) is 2.38. The van der Waals surface area contributed by atoms with Gasteiger partial charge < -0.3 is 0 Å². The molecule has 1 aromatic rings. The molecule has 0 atom stereocenters. The van der Waals surface area contributed by atoms with E-state index in [1.807, 2.05) is 6.07 Å². The Morgan fingerprint density at radius 1 is 0.950 bits per heavy atom. The lowest BCUT2D eigenvalue weighted by molar-refractivity contribution is 0.838. The highest BCUT2D eigenvalue weighted by Gasteiger charge is 2.41. The van der Waals surface area contributed by atoms with E-state index in [0.29, 0.717) is 16.6 Å². The van der Waals surface area contributed by atoms with Gasteiger partial charge in [-0.2, -0.15) is 0 Å². The number of hydrogen-bond donors (Lipinski definition) is 0. The van der Waals surface area contributed by atoms with Crippen LogP contribution in [0.4, 0.5) is 0 Å². The second-order valence-corrected chi connectivity index (χ2v) is 11.8. The third-order valence-corrected chi connectivity index (χ3v) is 10.5. The molecule has 0 unspecified atom stereocenters. The third kappa shape index (κ3) is 3.32. The van der Waals surface area contributed by atoms with Crippen LogP contribution in [0.15, 0.2) is 18.5 Å². The molecule has 0 fully saturated rings. The maximum atomic E-state index is 5.42. The Balaban J connectivity index is 3.27. The van der Waals surface area contributed by atoms with Crippen molar-refractivity contribution in [2.45, 2.75) is 58.2 Å². The van der Waals surface area contributed by atoms with E-state index in [2.05, 4.69) is 63.9 Å². The summed E-state index contributed by atoms with van der Waals surface area (Å²) in [5.74, 6) is 5.97. The van der Waals surface area contributed by atoms with Crippen LogP contribution in [0.25, 0.3) is 0 Å². The Kier molecular flexibility index (Phi) is 5.60. The fourth-order valence-corrected chi connectivity index (χ4v) is 8.43. The van der Waals surface area contributed by atoms with Crippen LogP contribution in [0.5, 0.6) is 0 Å². The van der Waals surface area contributed by atoms with E-state index in [4.69, 9.17) is 6.42 Å². The van der Waals surface area contributed by atoms with Crippen molar-refractivity contribution in [1.29, 1.82) is 0 Å². The fraction of sp³-hybridized carbons (Fsp3) is 0.500. The van der Waals surface area contributed by atoms with E-state index in [1.165, 1.54) is 0 Å². The minimum atomic E-state index is -1.68. The molecule has 1 aromatic heterocycles. The molecule has 0 bridgehead atoms. The van der Waals surface area contributed by atoms with Gasteiger partial charge in [-0.05, 0) is 22.7 Å². The van der Waals surface area contributed by atoms with E-state index in [1.54, 1.807) is 12.4 Å². The first kappa shape index (κ1) is 16.5. The van der Waals surface area contributed by atoms with Gasteiger partial charge in [0.25, 0.3) is 0 Å². The van der Waals surface area contributed by atoms with Gasteiger partial charge in [0.2, 0.25) is 0 Å². The molecule has 1 heterocycles. The van der Waals surface area contributed by atoms with Crippen LogP contribution < -0.4 is 0 Å². The molecule has 106 valence electrons. The van der Waals surface area contributed by atoms with Crippen molar-refractivity contribution in [3.63, 3.8) is 0 Å². The summed E-state index contributed by atoms with van der Waals surface area (Å²) in [6.07, 6.45) is 8.91. The Bertz CT molecular complexity index is 531. The normalized spacial score (nSPS) is 11.4. The van der Waals surface area contributed by atoms with Crippen molar-refractivity contribution in [2.75, 3.05) is 0 Å². The smallest absolute Gasteiger partial charge is 0.146 e. The third-order valence-electron chi connectivity index (χ3n) is 4.19. The molecule has 0 aliphatic rings. The molecule has 0 saturated heterocycles. The largest absolute Gasteiger partial charge is 0.262 e. The van der Waals surface area contributed by atoms with E-state index >= 15 is 0 Å². The molecule has 20 heavy (non-hydrogen) atoms. The molecule has 0 saturated carbocycles. The van der Waals surface area contributed by atoms with Gasteiger partial charge in [0, 0.05) is 23.5 Å². The first-order valence-electron chi connectivity index (χ1n) is 7.29. The molecule has 1 rings (SSSR count). The van der Waals surface area contributed by atoms with Crippen LogP contribution in [0.3, 0.4) is 0 Å². The first-order chi connectivity index (χ1) is 9.34. The predicted octanol–water partition coefficient (Wildman–Crippen LogP) is 4.63. The van der Waals surface area contributed by atoms with Gasteiger partial charge in [0.15, 0.2) is 0 Å². The zero-order valence-corrected chi connectivity index (χ0v) is 14.5. The maximum Gasteiger partial charge on any atom is 0.146 e. The lowest BCUT2D eigenvalue weighted by atomic mass is 10.2. The molecule has 0 spiro atoms. The van der Waals surface area contributed by atoms with Gasteiger partial charge in [-0.25, -0.2) is 0 Å². The second-order valence-electron chi connectivity index (χ2n) is 6.25. The van der Waals surface area contributed by atoms with Crippen molar-refractivity contribution in [2.24, 2.45) is 0 Å². The Hall–Kier alpha value is -1.51. The molecule has 1 nitrogen and oxygen atoms in total. The lowest BCUT2D eigenvalue weighted by Crippen LogP contribution is -2.43. The summed E-state index contributed by atoms with van der Waals surface area (Å²) < 4.78 is 0. The summed E-state index contributed by atoms with van der Waals surface area (Å²) in [6.45, 7) is 13.9. The molecule has 0 N–H and O–H groups in total. The maximum absolute atomic E-state index is 5.42. The monoisotopic (exact) mass is 283 g/mol. The molecule has 0 amide bonds. The minimum absolute atomic E-state index is 0.638. The Morgan fingerprint density at radius 3 is 1.90 bits per heavy atom. The van der Waals surface area contributed by atoms with Crippen molar-refractivity contribution < 1.29 is 0 Å². The van der Waals surface area contributed by atoms with Crippen LogP contribution in [-0.2, 0) is 0 Å². The van der Waals surface area contributed by atoms with Crippen LogP contribution in [0.2, 0.25) is 16.6 Å². The van der Waals surface area contributed by atoms with Gasteiger partial charge in [0.1, 0.15) is 8.07 Å². The summed E-state index contributed by atoms with van der Waals surface area (Å²) >= 11 is 0. The van der Waals surface area contributed by atoms with Crippen molar-refractivity contribution >= 4 is 8.07 Å². The first-order valence-corrected chi connectivity index (χ1v) is 9.52. The van der Waals surface area contributed by atoms with E-state index < -0.39 is 8.07 Å². The number of hydrogen-bond acceptors (Lipinski definition) is 1. The SMILES string of the molecule is C#Cc1cncc(C#C[Si](C(C)C)(C(C)C)C(C)C)c1. The fourth-order valence-electron chi connectivity index (χ4n) is 3.20. The van der Waals surface area contributed by atoms with E-state index in [-0.39, 0.29) is 0 Å². The summed E-state index contributed by atoms with van der Waals surface area (Å²) in [5, 5.41) is 0. The molecule has 0 aromatic carbocycles. The number of rotatable bonds is 3. The van der Waals surface area contributed by atoms with Crippen LogP contribution in [-0.4, -0.2) is 13.1 Å². The molecular formula is C18H25NSi. The number of pyridine rings is 1. The predicted molar refractivity (Wildman–Crippen MR) is 90.1 cm³/mol. The van der Waals surface area contributed by atoms with E-state index in [0.717, 1.165) is 11.1 Å². The van der Waals surface area contributed by atoms with Gasteiger partial charge in [-0.1, -0.05) is 53.4 Å². The highest BCUT2D eigenvalue weighted by molar-refractivity contribution is 6.90. The van der Waals surface area contributed by atoms with Crippen LogP contribution in [0.1, 0.15) is 52.7 Å². The number of nitrogens with zero attached hydrogens (tertiary/aromatic N) is 1. The van der Waals surface area contributed by atoms with Crippen molar-refractivity contribution in [1.82, 2.24) is 4.98 Å². The summed E-state index contributed by atoms with van der Waals surface area (Å²) in [5.41, 5.74) is 7.32. The Morgan fingerprint density at radius 2 is 1.45 bits per heavy atom. The molecular weight excluding hydrogens is 258 g/mol. The highest BCUT2D eigenvalue weighted by Crippen LogP contribution is 2.40. The molecule has 0 aliphatic carbocycles. The summed E-state index contributed by atoms with van der Waals surface area (Å²) in [7, 11) is -1.68. The number of terminal acetylenes is 1. The standard InChI is InChI=1S/C18H25NSi/c1-8-17-11-18(13-19-12-17)9-10-20(14(2)3,15(4)5)16(6)7/h1,11-16H,2-7H3. The van der Waals surface area contributed by atoms with Gasteiger partial charge in [-0.3, -0.25) is 4.98 Å². The van der Waals surface area contributed by atoms with Crippen LogP contribution in [0, 0.1) is 23.8 Å². The number of aromatic nitrogens is 1. The molecule has 2 heteroatoms. The van der Waals surface area contributed by atoms with E-state index in [9.17, 15) is 0 Å². The highest BCUT2D eigenvalue weighted by atomic mass is 28.3. The molecule has 0 aliphatic heterocycles. The van der Waals surface area contributed by atoms with Gasteiger partial charge >= 0.3 is 0 Å². The second kappa shape index (κ2) is 6.78. The topological polar surface area (TPSA) is 12.9 Å². The summed E-state index contributed by atoms with van der Waals surface area (Å²) in [4.78, 5) is 4.16. The van der Waals surface area contributed by atoms with Crippen molar-refractivity contribution in [3.05, 3.63) is 29.6 Å². The van der Waals surface area contributed by atoms with Crippen molar-refractivity contribution in [3.8, 4) is 23.8 Å². The Labute approximate surface area is 125 Å². The quantitative estimate of drug-likeness (QED) is 0.582. The zero-order chi connectivity index (χ0) is 15.3. The molecule has 0 radical (unpaired) electrons. The minimum Gasteiger partial charge on any atom is -0.262 e. The average molecular weight is 283 g/mol. The lowest BCUT2D eigenvalue weighted by Gasteiger charge is -2.38. The summed E-state index contributed by atoms with van der Waals surface area (Å²) in [6, 6.07) is 1.94. The van der Waals surface area contributed by atoms with Crippen LogP contribution >= 0.6 is 0 Å².